The topological polar surface area (TPSA) is 48.0 Å². The number of carbonyl (C=O) groups excluding carboxylic acids is 1. The van der Waals surface area contributed by atoms with Gasteiger partial charge in [0.1, 0.15) is 6.61 Å². The lowest BCUT2D eigenvalue weighted by Crippen LogP contribution is -2.27. The van der Waals surface area contributed by atoms with Gasteiger partial charge in [-0.05, 0) is 25.8 Å². The van der Waals surface area contributed by atoms with E-state index in [1.54, 1.807) is 14.0 Å². The number of hydrogen-bond acceptors (Lipinski definition) is 5. The number of esters is 1. The van der Waals surface area contributed by atoms with Gasteiger partial charge in [0, 0.05) is 20.2 Å². The molecule has 1 aliphatic heterocycles. The fraction of sp³-hybridized carbons (Fsp3) is 0.917. The van der Waals surface area contributed by atoms with Crippen LogP contribution in [0.1, 0.15) is 13.3 Å². The van der Waals surface area contributed by atoms with Crippen LogP contribution < -0.4 is 0 Å². The molecule has 0 aromatic carbocycles. The van der Waals surface area contributed by atoms with Gasteiger partial charge in [-0.2, -0.15) is 0 Å². The van der Waals surface area contributed by atoms with Crippen molar-refractivity contribution in [1.29, 1.82) is 0 Å². The average molecular weight is 245 g/mol. The van der Waals surface area contributed by atoms with Crippen LogP contribution in [0.25, 0.3) is 0 Å². The van der Waals surface area contributed by atoms with E-state index in [0.717, 1.165) is 26.2 Å². The Bertz CT molecular complexity index is 223. The zero-order valence-corrected chi connectivity index (χ0v) is 10.8. The van der Waals surface area contributed by atoms with E-state index < -0.39 is 0 Å². The molecule has 0 saturated carbocycles. The van der Waals surface area contributed by atoms with Gasteiger partial charge in [0.25, 0.3) is 0 Å². The van der Waals surface area contributed by atoms with Crippen molar-refractivity contribution in [2.24, 2.45) is 5.92 Å². The fourth-order valence-corrected chi connectivity index (χ4v) is 2.04. The fourth-order valence-electron chi connectivity index (χ4n) is 2.04. The molecular weight excluding hydrogens is 222 g/mol. The standard InChI is InChI=1S/C12H23NO4/c1-3-17-12(14)10-16-7-6-13-5-4-11(8-13)9-15-2/h11H,3-10H2,1-2H3. The van der Waals surface area contributed by atoms with Crippen molar-refractivity contribution in [2.75, 3.05) is 53.2 Å². The zero-order chi connectivity index (χ0) is 12.5. The normalized spacial score (nSPS) is 20.7. The van der Waals surface area contributed by atoms with E-state index in [0.29, 0.717) is 19.1 Å². The van der Waals surface area contributed by atoms with Crippen LogP contribution in [0.3, 0.4) is 0 Å². The molecule has 0 N–H and O–H groups in total. The molecule has 0 spiro atoms. The van der Waals surface area contributed by atoms with Crippen LogP contribution >= 0.6 is 0 Å². The minimum atomic E-state index is -0.286. The SMILES string of the molecule is CCOC(=O)COCCN1CCC(COC)C1. The molecule has 1 unspecified atom stereocenters. The Balaban J connectivity index is 1.98. The number of hydrogen-bond donors (Lipinski definition) is 0. The molecular formula is C12H23NO4. The van der Waals surface area contributed by atoms with Crippen molar-refractivity contribution >= 4 is 5.97 Å². The second-order valence-electron chi connectivity index (χ2n) is 4.27. The van der Waals surface area contributed by atoms with Gasteiger partial charge in [-0.25, -0.2) is 4.79 Å². The van der Waals surface area contributed by atoms with Gasteiger partial charge in [-0.3, -0.25) is 0 Å². The van der Waals surface area contributed by atoms with Crippen LogP contribution in [-0.4, -0.2) is 64.0 Å². The molecule has 0 amide bonds. The maximum atomic E-state index is 11.0. The third-order valence-electron chi connectivity index (χ3n) is 2.85. The van der Waals surface area contributed by atoms with E-state index >= 15 is 0 Å². The van der Waals surface area contributed by atoms with Gasteiger partial charge in [-0.1, -0.05) is 0 Å². The van der Waals surface area contributed by atoms with Crippen LogP contribution in [0.5, 0.6) is 0 Å². The Hall–Kier alpha value is -0.650. The number of rotatable bonds is 8. The summed E-state index contributed by atoms with van der Waals surface area (Å²) in [5.74, 6) is 0.358. The van der Waals surface area contributed by atoms with E-state index in [1.165, 1.54) is 6.42 Å². The van der Waals surface area contributed by atoms with Crippen LogP contribution in [0.15, 0.2) is 0 Å². The maximum absolute atomic E-state index is 11.0. The molecule has 1 atom stereocenters. The van der Waals surface area contributed by atoms with E-state index in [9.17, 15) is 4.79 Å². The molecule has 1 aliphatic rings. The molecule has 0 aliphatic carbocycles. The van der Waals surface area contributed by atoms with Crippen molar-refractivity contribution in [3.05, 3.63) is 0 Å². The Morgan fingerprint density at radius 1 is 1.47 bits per heavy atom. The summed E-state index contributed by atoms with van der Waals surface area (Å²) < 4.78 is 15.2. The third-order valence-corrected chi connectivity index (χ3v) is 2.85. The lowest BCUT2D eigenvalue weighted by Gasteiger charge is -2.15. The molecule has 1 heterocycles. The molecule has 1 rings (SSSR count). The molecule has 17 heavy (non-hydrogen) atoms. The predicted octanol–water partition coefficient (Wildman–Crippen LogP) is 0.534. The van der Waals surface area contributed by atoms with Gasteiger partial charge in [0.15, 0.2) is 0 Å². The smallest absolute Gasteiger partial charge is 0.332 e. The molecule has 1 saturated heterocycles. The molecule has 0 radical (unpaired) electrons. The summed E-state index contributed by atoms with van der Waals surface area (Å²) >= 11 is 0. The molecule has 100 valence electrons. The number of likely N-dealkylation sites (tertiary alicyclic amines) is 1. The highest BCUT2D eigenvalue weighted by Crippen LogP contribution is 2.15. The summed E-state index contributed by atoms with van der Waals surface area (Å²) in [5, 5.41) is 0. The summed E-state index contributed by atoms with van der Waals surface area (Å²) in [6.07, 6.45) is 1.19. The first-order valence-electron chi connectivity index (χ1n) is 6.21. The molecule has 0 aromatic heterocycles. The van der Waals surface area contributed by atoms with Gasteiger partial charge >= 0.3 is 5.97 Å². The maximum Gasteiger partial charge on any atom is 0.332 e. The molecule has 1 fully saturated rings. The van der Waals surface area contributed by atoms with Crippen molar-refractivity contribution in [3.8, 4) is 0 Å². The summed E-state index contributed by atoms with van der Waals surface area (Å²) in [7, 11) is 1.74. The average Bonchev–Trinajstić information content (AvgIpc) is 2.73. The van der Waals surface area contributed by atoms with E-state index in [4.69, 9.17) is 14.2 Å². The summed E-state index contributed by atoms with van der Waals surface area (Å²) in [6.45, 7) is 6.71. The van der Waals surface area contributed by atoms with Crippen molar-refractivity contribution in [1.82, 2.24) is 4.90 Å². The molecule has 5 nitrogen and oxygen atoms in total. The largest absolute Gasteiger partial charge is 0.464 e. The molecule has 5 heteroatoms. The first kappa shape index (κ1) is 14.4. The summed E-state index contributed by atoms with van der Waals surface area (Å²) in [6, 6.07) is 0. The van der Waals surface area contributed by atoms with Crippen molar-refractivity contribution in [3.63, 3.8) is 0 Å². The highest BCUT2D eigenvalue weighted by atomic mass is 16.6. The summed E-state index contributed by atoms with van der Waals surface area (Å²) in [5.41, 5.74) is 0. The monoisotopic (exact) mass is 245 g/mol. The lowest BCUT2D eigenvalue weighted by molar-refractivity contribution is -0.148. The van der Waals surface area contributed by atoms with E-state index in [1.807, 2.05) is 0 Å². The summed E-state index contributed by atoms with van der Waals surface area (Å²) in [4.78, 5) is 13.3. The first-order valence-corrected chi connectivity index (χ1v) is 6.21. The van der Waals surface area contributed by atoms with Crippen molar-refractivity contribution in [2.45, 2.75) is 13.3 Å². The second kappa shape index (κ2) is 8.44. The zero-order valence-electron chi connectivity index (χ0n) is 10.8. The van der Waals surface area contributed by atoms with E-state index in [2.05, 4.69) is 4.90 Å². The highest BCUT2D eigenvalue weighted by Gasteiger charge is 2.21. The quantitative estimate of drug-likeness (QED) is 0.461. The van der Waals surface area contributed by atoms with Gasteiger partial charge in [-0.15, -0.1) is 0 Å². The van der Waals surface area contributed by atoms with E-state index in [-0.39, 0.29) is 12.6 Å². The lowest BCUT2D eigenvalue weighted by atomic mass is 10.1. The van der Waals surface area contributed by atoms with Crippen LogP contribution in [0.4, 0.5) is 0 Å². The van der Waals surface area contributed by atoms with Crippen LogP contribution in [0, 0.1) is 5.92 Å². The van der Waals surface area contributed by atoms with Gasteiger partial charge in [0.2, 0.25) is 0 Å². The minimum absolute atomic E-state index is 0.0587. The van der Waals surface area contributed by atoms with Gasteiger partial charge in [0.05, 0.1) is 19.8 Å². The molecule has 0 bridgehead atoms. The Morgan fingerprint density at radius 3 is 3.00 bits per heavy atom. The predicted molar refractivity (Wildman–Crippen MR) is 63.9 cm³/mol. The Morgan fingerprint density at radius 2 is 2.29 bits per heavy atom. The Labute approximate surface area is 103 Å². The van der Waals surface area contributed by atoms with Gasteiger partial charge < -0.3 is 19.1 Å². The number of methoxy groups -OCH3 is 1. The minimum Gasteiger partial charge on any atom is -0.464 e. The Kier molecular flexibility index (Phi) is 7.16. The van der Waals surface area contributed by atoms with Crippen molar-refractivity contribution < 1.29 is 19.0 Å². The van der Waals surface area contributed by atoms with Crippen LogP contribution in [0.2, 0.25) is 0 Å². The third kappa shape index (κ3) is 6.00. The first-order chi connectivity index (χ1) is 8.26. The van der Waals surface area contributed by atoms with Crippen LogP contribution in [-0.2, 0) is 19.0 Å². The number of nitrogens with zero attached hydrogens (tertiary/aromatic N) is 1. The number of ether oxygens (including phenoxy) is 3. The molecule has 0 aromatic rings. The second-order valence-corrected chi connectivity index (χ2v) is 4.27. The highest BCUT2D eigenvalue weighted by molar-refractivity contribution is 5.70. The number of carbonyl (C=O) groups is 1.